The molecule has 0 amide bonds. The lowest BCUT2D eigenvalue weighted by Crippen LogP contribution is -2.54. The zero-order valence-corrected chi connectivity index (χ0v) is 23.1. The molecule has 5 aliphatic rings. The van der Waals surface area contributed by atoms with Gasteiger partial charge in [0.25, 0.3) is 0 Å². The van der Waals surface area contributed by atoms with Crippen LogP contribution in [0.3, 0.4) is 0 Å². The Balaban J connectivity index is 1.36. The second-order valence-corrected chi connectivity index (χ2v) is 12.2. The van der Waals surface area contributed by atoms with Crippen LogP contribution in [0.4, 0.5) is 4.39 Å². The lowest BCUT2D eigenvalue weighted by Gasteiger charge is -2.44. The summed E-state index contributed by atoms with van der Waals surface area (Å²) in [4.78, 5) is 29.4. The maximum atomic E-state index is 14.2. The Morgan fingerprint density at radius 3 is 2.67 bits per heavy atom. The van der Waals surface area contributed by atoms with Gasteiger partial charge in [-0.2, -0.15) is 0 Å². The van der Waals surface area contributed by atoms with Crippen molar-refractivity contribution >= 4 is 11.9 Å². The van der Waals surface area contributed by atoms with E-state index in [0.29, 0.717) is 12.8 Å². The number of benzene rings is 1. The van der Waals surface area contributed by atoms with Crippen molar-refractivity contribution in [2.24, 2.45) is 0 Å². The average Bonchev–Trinajstić information content (AvgIpc) is 3.55. The largest absolute Gasteiger partial charge is 0.463 e. The SMILES string of the molecule is CC1=CC23CCCN2CCc2cc4c(cc2[C@@H]3C1OC(=O)[C@]1(CC(=O)OCCF)CCCC(C)(C)O1)OCO4. The molecule has 4 atom stereocenters. The van der Waals surface area contributed by atoms with Crippen molar-refractivity contribution in [3.63, 3.8) is 0 Å². The summed E-state index contributed by atoms with van der Waals surface area (Å²) in [5.74, 6) is 0.132. The molecule has 1 spiro atoms. The van der Waals surface area contributed by atoms with Crippen molar-refractivity contribution in [3.05, 3.63) is 34.9 Å². The Morgan fingerprint density at radius 2 is 1.90 bits per heavy atom. The van der Waals surface area contributed by atoms with Crippen molar-refractivity contribution < 1.29 is 37.7 Å². The molecule has 4 aliphatic heterocycles. The highest BCUT2D eigenvalue weighted by atomic mass is 19.1. The maximum absolute atomic E-state index is 14.2. The minimum atomic E-state index is -1.48. The van der Waals surface area contributed by atoms with E-state index in [1.54, 1.807) is 0 Å². The fourth-order valence-corrected chi connectivity index (χ4v) is 7.63. The molecule has 2 fully saturated rings. The third-order valence-electron chi connectivity index (χ3n) is 9.19. The van der Waals surface area contributed by atoms with Crippen molar-refractivity contribution in [2.75, 3.05) is 33.2 Å². The van der Waals surface area contributed by atoms with Gasteiger partial charge in [0, 0.05) is 12.5 Å². The van der Waals surface area contributed by atoms with Gasteiger partial charge < -0.3 is 23.7 Å². The molecule has 1 aromatic rings. The second-order valence-electron chi connectivity index (χ2n) is 12.2. The second kappa shape index (κ2) is 9.77. The van der Waals surface area contributed by atoms with E-state index in [1.807, 2.05) is 20.8 Å². The first-order chi connectivity index (χ1) is 18.7. The van der Waals surface area contributed by atoms with Crippen molar-refractivity contribution in [3.8, 4) is 11.5 Å². The van der Waals surface area contributed by atoms with Crippen molar-refractivity contribution in [2.45, 2.75) is 94.5 Å². The molecule has 1 aliphatic carbocycles. The van der Waals surface area contributed by atoms with E-state index < -0.39 is 35.9 Å². The summed E-state index contributed by atoms with van der Waals surface area (Å²) in [6.07, 6.45) is 6.19. The molecule has 0 bridgehead atoms. The number of alkyl halides is 1. The first-order valence-electron chi connectivity index (χ1n) is 14.2. The molecule has 9 heteroatoms. The van der Waals surface area contributed by atoms with Crippen molar-refractivity contribution in [1.29, 1.82) is 0 Å². The summed E-state index contributed by atoms with van der Waals surface area (Å²) < 4.78 is 42.0. The molecular formula is C30H38FNO7. The van der Waals surface area contributed by atoms with Gasteiger partial charge in [-0.25, -0.2) is 9.18 Å². The van der Waals surface area contributed by atoms with E-state index in [9.17, 15) is 14.0 Å². The molecule has 8 nitrogen and oxygen atoms in total. The summed E-state index contributed by atoms with van der Waals surface area (Å²) in [6.45, 7) is 6.83. The van der Waals surface area contributed by atoms with Crippen LogP contribution in [-0.4, -0.2) is 72.8 Å². The molecule has 0 saturated carbocycles. The highest BCUT2D eigenvalue weighted by Gasteiger charge is 2.58. The molecule has 0 N–H and O–H groups in total. The number of hydrogen-bond acceptors (Lipinski definition) is 8. The standard InChI is InChI=1S/C30H38FNO7/c1-19-16-29-8-5-11-32(29)12-6-20-14-22-23(37-18-36-22)15-21(20)25(29)26(19)38-27(34)30(17-24(33)35-13-10-31)9-4-7-28(2,3)39-30/h14-16,25-26H,4-13,17-18H2,1-3H3/t25-,26?,29?,30-/m1/s1. The number of ether oxygens (including phenoxy) is 5. The molecule has 1 aromatic carbocycles. The van der Waals surface area contributed by atoms with Gasteiger partial charge in [0.1, 0.15) is 19.4 Å². The maximum Gasteiger partial charge on any atom is 0.339 e. The Labute approximate surface area is 228 Å². The Kier molecular flexibility index (Phi) is 6.65. The predicted octanol–water partition coefficient (Wildman–Crippen LogP) is 4.38. The number of nitrogens with zero attached hydrogens (tertiary/aromatic N) is 1. The number of fused-ring (bicyclic) bond motifs is 3. The average molecular weight is 544 g/mol. The minimum Gasteiger partial charge on any atom is -0.463 e. The summed E-state index contributed by atoms with van der Waals surface area (Å²) in [5.41, 5.74) is 0.944. The smallest absolute Gasteiger partial charge is 0.339 e. The Bertz CT molecular complexity index is 1200. The summed E-state index contributed by atoms with van der Waals surface area (Å²) >= 11 is 0. The van der Waals surface area contributed by atoms with Crippen LogP contribution in [-0.2, 0) is 30.2 Å². The summed E-state index contributed by atoms with van der Waals surface area (Å²) in [5, 5.41) is 0. The molecule has 2 saturated heterocycles. The van der Waals surface area contributed by atoms with E-state index in [1.165, 1.54) is 5.56 Å². The molecule has 212 valence electrons. The highest BCUT2D eigenvalue weighted by Crippen LogP contribution is 2.55. The number of rotatable bonds is 6. The molecule has 39 heavy (non-hydrogen) atoms. The van der Waals surface area contributed by atoms with Crippen LogP contribution in [0.2, 0.25) is 0 Å². The summed E-state index contributed by atoms with van der Waals surface area (Å²) in [7, 11) is 0. The van der Waals surface area contributed by atoms with Crippen LogP contribution in [0, 0.1) is 0 Å². The first kappa shape index (κ1) is 26.6. The van der Waals surface area contributed by atoms with Crippen LogP contribution in [0.5, 0.6) is 11.5 Å². The van der Waals surface area contributed by atoms with Gasteiger partial charge in [-0.15, -0.1) is 0 Å². The number of hydrogen-bond donors (Lipinski definition) is 0. The number of carbonyl (C=O) groups excluding carboxylic acids is 2. The van der Waals surface area contributed by atoms with E-state index in [-0.39, 0.29) is 31.3 Å². The fourth-order valence-electron chi connectivity index (χ4n) is 7.63. The van der Waals surface area contributed by atoms with Crippen LogP contribution in [0.15, 0.2) is 23.8 Å². The third-order valence-corrected chi connectivity index (χ3v) is 9.19. The highest BCUT2D eigenvalue weighted by molar-refractivity contribution is 5.86. The molecule has 0 radical (unpaired) electrons. The van der Waals surface area contributed by atoms with Crippen molar-refractivity contribution in [1.82, 2.24) is 4.90 Å². The summed E-state index contributed by atoms with van der Waals surface area (Å²) in [6, 6.07) is 4.15. The third kappa shape index (κ3) is 4.51. The fraction of sp³-hybridized carbons (Fsp3) is 0.667. The van der Waals surface area contributed by atoms with Crippen LogP contribution < -0.4 is 9.47 Å². The number of esters is 2. The van der Waals surface area contributed by atoms with Crippen LogP contribution in [0.1, 0.15) is 76.3 Å². The van der Waals surface area contributed by atoms with Gasteiger partial charge in [-0.3, -0.25) is 9.69 Å². The van der Waals surface area contributed by atoms with Gasteiger partial charge in [0.05, 0.1) is 17.6 Å². The lowest BCUT2D eigenvalue weighted by atomic mass is 9.77. The molecular weight excluding hydrogens is 505 g/mol. The molecule has 4 heterocycles. The van der Waals surface area contributed by atoms with E-state index in [0.717, 1.165) is 61.4 Å². The normalized spacial score (nSPS) is 32.5. The minimum absolute atomic E-state index is 0.122. The molecule has 0 aromatic heterocycles. The van der Waals surface area contributed by atoms with Gasteiger partial charge in [-0.1, -0.05) is 6.08 Å². The van der Waals surface area contributed by atoms with E-state index >= 15 is 0 Å². The molecule has 6 rings (SSSR count). The number of carbonyl (C=O) groups is 2. The van der Waals surface area contributed by atoms with E-state index in [4.69, 9.17) is 23.7 Å². The molecule has 2 unspecified atom stereocenters. The Hall–Kier alpha value is -2.65. The predicted molar refractivity (Wildman–Crippen MR) is 139 cm³/mol. The van der Waals surface area contributed by atoms with Crippen LogP contribution in [0.25, 0.3) is 0 Å². The van der Waals surface area contributed by atoms with Gasteiger partial charge in [0.15, 0.2) is 17.1 Å². The first-order valence-corrected chi connectivity index (χ1v) is 14.2. The van der Waals surface area contributed by atoms with Gasteiger partial charge in [0.2, 0.25) is 6.79 Å². The zero-order valence-electron chi connectivity index (χ0n) is 23.1. The number of halogens is 1. The van der Waals surface area contributed by atoms with Crippen LogP contribution >= 0.6 is 0 Å². The quantitative estimate of drug-likeness (QED) is 0.386. The van der Waals surface area contributed by atoms with Gasteiger partial charge >= 0.3 is 11.9 Å². The topological polar surface area (TPSA) is 83.5 Å². The van der Waals surface area contributed by atoms with Gasteiger partial charge in [-0.05, 0) is 94.7 Å². The monoisotopic (exact) mass is 543 g/mol. The zero-order chi connectivity index (χ0) is 27.4. The lowest BCUT2D eigenvalue weighted by molar-refractivity contribution is -0.216. The Morgan fingerprint density at radius 1 is 1.10 bits per heavy atom. The van der Waals surface area contributed by atoms with E-state index in [2.05, 4.69) is 23.1 Å².